The molecule has 1 saturated heterocycles. The van der Waals surface area contributed by atoms with Crippen molar-refractivity contribution in [2.75, 3.05) is 32.4 Å². The first-order chi connectivity index (χ1) is 7.78. The maximum atomic E-state index is 3.61. The molecule has 0 aromatic carbocycles. The van der Waals surface area contributed by atoms with Crippen molar-refractivity contribution in [1.82, 2.24) is 10.2 Å². The third kappa shape index (κ3) is 2.93. The number of nitrogens with one attached hydrogen (secondary N) is 1. The van der Waals surface area contributed by atoms with Gasteiger partial charge in [-0.1, -0.05) is 19.8 Å². The molecule has 0 radical (unpaired) electrons. The summed E-state index contributed by atoms with van der Waals surface area (Å²) >= 11 is 2.12. The van der Waals surface area contributed by atoms with Crippen LogP contribution in [0, 0.1) is 0 Å². The van der Waals surface area contributed by atoms with Crippen LogP contribution in [-0.4, -0.2) is 48.1 Å². The first kappa shape index (κ1) is 12.7. The van der Waals surface area contributed by atoms with E-state index in [1.807, 2.05) is 0 Å². The quantitative estimate of drug-likeness (QED) is 0.815. The van der Waals surface area contributed by atoms with Crippen molar-refractivity contribution in [2.45, 2.75) is 49.8 Å². The summed E-state index contributed by atoms with van der Waals surface area (Å²) in [5, 5.41) is 3.61. The number of nitrogens with zero attached hydrogens (tertiary/aromatic N) is 1. The van der Waals surface area contributed by atoms with Crippen LogP contribution in [0.4, 0.5) is 0 Å². The van der Waals surface area contributed by atoms with Crippen LogP contribution < -0.4 is 5.32 Å². The molecule has 2 fully saturated rings. The normalized spacial score (nSPS) is 30.8. The molecule has 0 amide bonds. The average Bonchev–Trinajstić information content (AvgIpc) is 2.78. The molecule has 1 unspecified atom stereocenters. The van der Waals surface area contributed by atoms with Crippen LogP contribution in [0.15, 0.2) is 0 Å². The summed E-state index contributed by atoms with van der Waals surface area (Å²) in [6.07, 6.45) is 9.35. The van der Waals surface area contributed by atoms with E-state index < -0.39 is 0 Å². The van der Waals surface area contributed by atoms with Gasteiger partial charge in [0.2, 0.25) is 0 Å². The molecular weight excluding hydrogens is 216 g/mol. The van der Waals surface area contributed by atoms with Crippen molar-refractivity contribution in [3.05, 3.63) is 0 Å². The Morgan fingerprint density at radius 3 is 2.75 bits per heavy atom. The van der Waals surface area contributed by atoms with E-state index >= 15 is 0 Å². The molecule has 3 heteroatoms. The van der Waals surface area contributed by atoms with Gasteiger partial charge in [0.15, 0.2) is 0 Å². The van der Waals surface area contributed by atoms with E-state index in [0.29, 0.717) is 4.75 Å². The molecule has 0 aromatic heterocycles. The van der Waals surface area contributed by atoms with Crippen LogP contribution in [0.3, 0.4) is 0 Å². The Bertz CT molecular complexity index is 214. The first-order valence-electron chi connectivity index (χ1n) is 6.79. The lowest BCUT2D eigenvalue weighted by atomic mass is 10.0. The Morgan fingerprint density at radius 1 is 1.38 bits per heavy atom. The van der Waals surface area contributed by atoms with Crippen molar-refractivity contribution in [3.63, 3.8) is 0 Å². The predicted molar refractivity (Wildman–Crippen MR) is 73.2 cm³/mol. The van der Waals surface area contributed by atoms with Gasteiger partial charge in [0, 0.05) is 37.0 Å². The smallest absolute Gasteiger partial charge is 0.0284 e. The minimum Gasteiger partial charge on any atom is -0.311 e. The van der Waals surface area contributed by atoms with Crippen LogP contribution in [-0.2, 0) is 0 Å². The second kappa shape index (κ2) is 5.74. The van der Waals surface area contributed by atoms with Crippen LogP contribution in [0.25, 0.3) is 0 Å². The minimum atomic E-state index is 0.593. The molecule has 1 saturated carbocycles. The standard InChI is InChI=1S/C13H26N2S/c1-3-12-10-15(9-8-14-12)11-13(16-2)6-4-5-7-13/h12,14H,3-11H2,1-2H3. The van der Waals surface area contributed by atoms with Crippen LogP contribution in [0.5, 0.6) is 0 Å². The zero-order valence-corrected chi connectivity index (χ0v) is 11.6. The number of piperazine rings is 1. The fraction of sp³-hybridized carbons (Fsp3) is 1.00. The molecule has 2 rings (SSSR count). The van der Waals surface area contributed by atoms with Gasteiger partial charge in [-0.3, -0.25) is 4.90 Å². The van der Waals surface area contributed by atoms with Crippen LogP contribution >= 0.6 is 11.8 Å². The zero-order chi connectivity index (χ0) is 11.4. The molecular formula is C13H26N2S. The number of rotatable bonds is 4. The van der Waals surface area contributed by atoms with Crippen molar-refractivity contribution < 1.29 is 0 Å². The van der Waals surface area contributed by atoms with E-state index in [1.54, 1.807) is 0 Å². The largest absolute Gasteiger partial charge is 0.311 e. The van der Waals surface area contributed by atoms with E-state index in [4.69, 9.17) is 0 Å². The fourth-order valence-electron chi connectivity index (χ4n) is 3.16. The van der Waals surface area contributed by atoms with Gasteiger partial charge in [0.25, 0.3) is 0 Å². The average molecular weight is 242 g/mol. The van der Waals surface area contributed by atoms with E-state index in [-0.39, 0.29) is 0 Å². The summed E-state index contributed by atoms with van der Waals surface area (Å²) in [6, 6.07) is 0.731. The maximum absolute atomic E-state index is 3.61. The Balaban J connectivity index is 1.87. The van der Waals surface area contributed by atoms with Gasteiger partial charge in [0.05, 0.1) is 0 Å². The number of thioether (sulfide) groups is 1. The fourth-order valence-corrected chi connectivity index (χ4v) is 4.17. The zero-order valence-electron chi connectivity index (χ0n) is 10.8. The second-order valence-corrected chi connectivity index (χ2v) is 6.66. The van der Waals surface area contributed by atoms with E-state index in [2.05, 4.69) is 35.2 Å². The van der Waals surface area contributed by atoms with Gasteiger partial charge >= 0.3 is 0 Å². The monoisotopic (exact) mass is 242 g/mol. The van der Waals surface area contributed by atoms with Crippen molar-refractivity contribution in [1.29, 1.82) is 0 Å². The summed E-state index contributed by atoms with van der Waals surface area (Å²) in [7, 11) is 0. The third-order valence-corrected chi connectivity index (χ3v) is 5.70. The van der Waals surface area contributed by atoms with Crippen LogP contribution in [0.1, 0.15) is 39.0 Å². The Morgan fingerprint density at radius 2 is 2.12 bits per heavy atom. The highest BCUT2D eigenvalue weighted by Crippen LogP contribution is 2.40. The summed E-state index contributed by atoms with van der Waals surface area (Å²) in [4.78, 5) is 2.70. The Kier molecular flexibility index (Phi) is 4.57. The molecule has 0 spiro atoms. The van der Waals surface area contributed by atoms with Crippen LogP contribution in [0.2, 0.25) is 0 Å². The van der Waals surface area contributed by atoms with Gasteiger partial charge in [-0.2, -0.15) is 11.8 Å². The van der Waals surface area contributed by atoms with Gasteiger partial charge in [-0.05, 0) is 25.5 Å². The molecule has 94 valence electrons. The van der Waals surface area contributed by atoms with Gasteiger partial charge < -0.3 is 5.32 Å². The topological polar surface area (TPSA) is 15.3 Å². The first-order valence-corrected chi connectivity index (χ1v) is 8.01. The SMILES string of the molecule is CCC1CN(CC2(SC)CCCC2)CCN1. The summed E-state index contributed by atoms with van der Waals surface area (Å²) in [6.45, 7) is 7.31. The highest BCUT2D eigenvalue weighted by molar-refractivity contribution is 8.00. The molecule has 1 aliphatic carbocycles. The van der Waals surface area contributed by atoms with Gasteiger partial charge in [0.1, 0.15) is 0 Å². The number of hydrogen-bond acceptors (Lipinski definition) is 3. The lowest BCUT2D eigenvalue weighted by Crippen LogP contribution is -2.53. The van der Waals surface area contributed by atoms with Crippen molar-refractivity contribution >= 4 is 11.8 Å². The molecule has 1 aliphatic heterocycles. The highest BCUT2D eigenvalue weighted by Gasteiger charge is 2.35. The molecule has 0 aromatic rings. The maximum Gasteiger partial charge on any atom is 0.0284 e. The second-order valence-electron chi connectivity index (χ2n) is 5.39. The van der Waals surface area contributed by atoms with E-state index in [0.717, 1.165) is 6.04 Å². The number of hydrogen-bond donors (Lipinski definition) is 1. The minimum absolute atomic E-state index is 0.593. The van der Waals surface area contributed by atoms with Crippen molar-refractivity contribution in [2.24, 2.45) is 0 Å². The van der Waals surface area contributed by atoms with E-state index in [1.165, 1.54) is 58.3 Å². The Labute approximate surface area is 105 Å². The molecule has 2 nitrogen and oxygen atoms in total. The van der Waals surface area contributed by atoms with E-state index in [9.17, 15) is 0 Å². The highest BCUT2D eigenvalue weighted by atomic mass is 32.2. The molecule has 1 N–H and O–H groups in total. The molecule has 1 heterocycles. The summed E-state index contributed by atoms with van der Waals surface area (Å²) in [5.41, 5.74) is 0. The lowest BCUT2D eigenvalue weighted by molar-refractivity contribution is 0.180. The Hall–Kier alpha value is 0.270. The molecule has 2 aliphatic rings. The third-order valence-electron chi connectivity index (χ3n) is 4.29. The predicted octanol–water partition coefficient (Wildman–Crippen LogP) is 2.35. The summed E-state index contributed by atoms with van der Waals surface area (Å²) < 4.78 is 0.593. The van der Waals surface area contributed by atoms with Gasteiger partial charge in [-0.25, -0.2) is 0 Å². The molecule has 1 atom stereocenters. The van der Waals surface area contributed by atoms with Crippen molar-refractivity contribution in [3.8, 4) is 0 Å². The van der Waals surface area contributed by atoms with Gasteiger partial charge in [-0.15, -0.1) is 0 Å². The summed E-state index contributed by atoms with van der Waals surface area (Å²) in [5.74, 6) is 0. The lowest BCUT2D eigenvalue weighted by Gasteiger charge is -2.39. The molecule has 0 bridgehead atoms. The molecule has 16 heavy (non-hydrogen) atoms.